The SMILES string of the molecule is CC1=C(C)C(=O)C(C(CCc2ccccc2Cl)CC(C)(O)CNC(=O)c2ccccc2O)=C(C)C1=O. The van der Waals surface area contributed by atoms with Gasteiger partial charge in [-0.1, -0.05) is 41.9 Å². The molecule has 0 bridgehead atoms. The second-order valence-corrected chi connectivity index (χ2v) is 10.1. The number of hydrogen-bond donors (Lipinski definition) is 3. The molecule has 0 fully saturated rings. The van der Waals surface area contributed by atoms with E-state index in [0.717, 1.165) is 5.56 Å². The number of allylic oxidation sites excluding steroid dienone is 4. The van der Waals surface area contributed by atoms with Gasteiger partial charge in [-0.25, -0.2) is 0 Å². The number of halogens is 1. The van der Waals surface area contributed by atoms with E-state index in [1.165, 1.54) is 12.1 Å². The van der Waals surface area contributed by atoms with E-state index in [4.69, 9.17) is 11.6 Å². The number of aromatic hydroxyl groups is 1. The Morgan fingerprint density at radius 2 is 1.58 bits per heavy atom. The first-order chi connectivity index (χ1) is 16.9. The summed E-state index contributed by atoms with van der Waals surface area (Å²) in [7, 11) is 0. The van der Waals surface area contributed by atoms with E-state index in [2.05, 4.69) is 5.32 Å². The Balaban J connectivity index is 1.85. The number of ketones is 2. The summed E-state index contributed by atoms with van der Waals surface area (Å²) in [5, 5.41) is 24.5. The van der Waals surface area contributed by atoms with Crippen LogP contribution in [0.2, 0.25) is 5.02 Å². The molecule has 0 spiro atoms. The van der Waals surface area contributed by atoms with Crippen LogP contribution >= 0.6 is 11.6 Å². The molecule has 7 heteroatoms. The number of phenols is 1. The molecule has 0 heterocycles. The van der Waals surface area contributed by atoms with E-state index in [9.17, 15) is 24.6 Å². The van der Waals surface area contributed by atoms with Gasteiger partial charge in [0.2, 0.25) is 0 Å². The van der Waals surface area contributed by atoms with Crippen molar-refractivity contribution in [1.29, 1.82) is 0 Å². The predicted octanol–water partition coefficient (Wildman–Crippen LogP) is 4.97. The third-order valence-electron chi connectivity index (χ3n) is 6.83. The van der Waals surface area contributed by atoms with E-state index in [-0.39, 0.29) is 35.8 Å². The number of carbonyl (C=O) groups excluding carboxylic acids is 3. The normalized spacial score (nSPS) is 16.7. The van der Waals surface area contributed by atoms with E-state index in [0.29, 0.717) is 40.2 Å². The van der Waals surface area contributed by atoms with Crippen molar-refractivity contribution < 1.29 is 24.6 Å². The molecule has 0 saturated carbocycles. The molecule has 1 amide bonds. The smallest absolute Gasteiger partial charge is 0.255 e. The van der Waals surface area contributed by atoms with Crippen molar-refractivity contribution in [3.8, 4) is 5.75 Å². The molecule has 3 N–H and O–H groups in total. The highest BCUT2D eigenvalue weighted by molar-refractivity contribution is 6.31. The van der Waals surface area contributed by atoms with Gasteiger partial charge >= 0.3 is 0 Å². The summed E-state index contributed by atoms with van der Waals surface area (Å²) in [6.45, 7) is 6.43. The van der Waals surface area contributed by atoms with E-state index >= 15 is 0 Å². The third kappa shape index (κ3) is 6.12. The minimum atomic E-state index is -1.40. The second kappa shape index (κ2) is 11.2. The van der Waals surface area contributed by atoms with Gasteiger partial charge in [-0.2, -0.15) is 0 Å². The van der Waals surface area contributed by atoms with Crippen molar-refractivity contribution >= 4 is 29.1 Å². The highest BCUT2D eigenvalue weighted by Crippen LogP contribution is 2.36. The minimum absolute atomic E-state index is 0.103. The molecule has 2 unspecified atom stereocenters. The molecule has 1 aliphatic carbocycles. The molecule has 2 atom stereocenters. The van der Waals surface area contributed by atoms with Crippen LogP contribution in [-0.4, -0.2) is 39.8 Å². The van der Waals surface area contributed by atoms with Crippen LogP contribution in [0.4, 0.5) is 0 Å². The van der Waals surface area contributed by atoms with Crippen LogP contribution in [0.25, 0.3) is 0 Å². The topological polar surface area (TPSA) is 104 Å². The molecular weight excluding hydrogens is 478 g/mol. The van der Waals surface area contributed by atoms with Crippen LogP contribution < -0.4 is 5.32 Å². The van der Waals surface area contributed by atoms with Crippen LogP contribution in [0.3, 0.4) is 0 Å². The molecule has 6 nitrogen and oxygen atoms in total. The van der Waals surface area contributed by atoms with Gasteiger partial charge in [-0.15, -0.1) is 0 Å². The molecule has 0 saturated heterocycles. The van der Waals surface area contributed by atoms with E-state index in [1.54, 1.807) is 45.9 Å². The minimum Gasteiger partial charge on any atom is -0.507 e. The van der Waals surface area contributed by atoms with E-state index in [1.807, 2.05) is 18.2 Å². The van der Waals surface area contributed by atoms with Gasteiger partial charge in [0.25, 0.3) is 5.91 Å². The van der Waals surface area contributed by atoms with Gasteiger partial charge in [0.15, 0.2) is 11.6 Å². The van der Waals surface area contributed by atoms with Crippen molar-refractivity contribution in [2.24, 2.45) is 5.92 Å². The highest BCUT2D eigenvalue weighted by atomic mass is 35.5. The lowest BCUT2D eigenvalue weighted by Crippen LogP contribution is -2.43. The summed E-state index contributed by atoms with van der Waals surface area (Å²) in [6, 6.07) is 13.6. The number of rotatable bonds is 9. The molecule has 0 aliphatic heterocycles. The van der Waals surface area contributed by atoms with Crippen molar-refractivity contribution in [2.75, 3.05) is 6.54 Å². The summed E-state index contributed by atoms with van der Waals surface area (Å²) >= 11 is 6.35. The fourth-order valence-electron chi connectivity index (χ4n) is 4.62. The molecule has 36 heavy (non-hydrogen) atoms. The van der Waals surface area contributed by atoms with Crippen LogP contribution in [0.15, 0.2) is 70.8 Å². The fraction of sp³-hybridized carbons (Fsp3) is 0.345. The summed E-state index contributed by atoms with van der Waals surface area (Å²) in [5.74, 6) is -1.48. The number of carbonyl (C=O) groups is 3. The maximum absolute atomic E-state index is 13.3. The average molecular weight is 510 g/mol. The Morgan fingerprint density at radius 1 is 0.972 bits per heavy atom. The van der Waals surface area contributed by atoms with Crippen molar-refractivity contribution in [1.82, 2.24) is 5.32 Å². The van der Waals surface area contributed by atoms with Crippen molar-refractivity contribution in [3.63, 3.8) is 0 Å². The number of aliphatic hydroxyl groups is 1. The monoisotopic (exact) mass is 509 g/mol. The Bertz CT molecular complexity index is 1260. The summed E-state index contributed by atoms with van der Waals surface area (Å²) in [6.07, 6.45) is 1.16. The molecule has 1 aliphatic rings. The van der Waals surface area contributed by atoms with Gasteiger partial charge in [0.05, 0.1) is 11.2 Å². The van der Waals surface area contributed by atoms with Crippen LogP contribution in [0.5, 0.6) is 5.75 Å². The summed E-state index contributed by atoms with van der Waals surface area (Å²) in [4.78, 5) is 38.7. The van der Waals surface area contributed by atoms with Crippen molar-refractivity contribution in [3.05, 3.63) is 87.0 Å². The number of nitrogens with one attached hydrogen (secondary N) is 1. The number of Topliss-reactive ketones (excluding diaryl/α,β-unsaturated/α-hetero) is 2. The number of hydrogen-bond acceptors (Lipinski definition) is 5. The molecular formula is C29H32ClNO5. The number of phenolic OH excluding ortho intramolecular Hbond substituents is 1. The maximum Gasteiger partial charge on any atom is 0.255 e. The van der Waals surface area contributed by atoms with Crippen molar-refractivity contribution in [2.45, 2.75) is 52.6 Å². The zero-order valence-electron chi connectivity index (χ0n) is 21.0. The standard InChI is InChI=1S/C29H32ClNO5/c1-17-18(2)27(34)25(19(3)26(17)33)21(14-13-20-9-5-7-11-23(20)30)15-29(4,36)16-31-28(35)22-10-6-8-12-24(22)32/h5-12,21,32,36H,13-16H2,1-4H3,(H,31,35). The molecule has 2 aromatic rings. The van der Waals surface area contributed by atoms with Gasteiger partial charge in [-0.05, 0) is 76.6 Å². The van der Waals surface area contributed by atoms with E-state index < -0.39 is 17.4 Å². The summed E-state index contributed by atoms with van der Waals surface area (Å²) < 4.78 is 0. The van der Waals surface area contributed by atoms with Gasteiger partial charge in [-0.3, -0.25) is 14.4 Å². The second-order valence-electron chi connectivity index (χ2n) is 9.67. The van der Waals surface area contributed by atoms with Crippen LogP contribution in [-0.2, 0) is 16.0 Å². The lowest BCUT2D eigenvalue weighted by atomic mass is 9.74. The zero-order chi connectivity index (χ0) is 26.6. The largest absolute Gasteiger partial charge is 0.507 e. The number of benzene rings is 2. The Labute approximate surface area is 216 Å². The fourth-order valence-corrected chi connectivity index (χ4v) is 4.85. The average Bonchev–Trinajstić information content (AvgIpc) is 2.84. The maximum atomic E-state index is 13.3. The molecule has 3 rings (SSSR count). The highest BCUT2D eigenvalue weighted by Gasteiger charge is 2.36. The number of para-hydroxylation sites is 1. The Kier molecular flexibility index (Phi) is 8.54. The molecule has 0 radical (unpaired) electrons. The quantitative estimate of drug-likeness (QED) is 0.414. The summed E-state index contributed by atoms with van der Waals surface area (Å²) in [5.41, 5.74) is 1.26. The Morgan fingerprint density at radius 3 is 2.25 bits per heavy atom. The first-order valence-electron chi connectivity index (χ1n) is 11.9. The van der Waals surface area contributed by atoms with Crippen LogP contribution in [0.1, 0.15) is 56.5 Å². The molecule has 190 valence electrons. The lowest BCUT2D eigenvalue weighted by Gasteiger charge is -2.32. The van der Waals surface area contributed by atoms with Crippen LogP contribution in [0, 0.1) is 5.92 Å². The first kappa shape index (κ1) is 27.4. The van der Waals surface area contributed by atoms with Gasteiger partial charge in [0.1, 0.15) is 5.75 Å². The molecule has 2 aromatic carbocycles. The number of aryl methyl sites for hydroxylation is 1. The molecule has 0 aromatic heterocycles. The number of amides is 1. The third-order valence-corrected chi connectivity index (χ3v) is 7.19. The predicted molar refractivity (Wildman–Crippen MR) is 140 cm³/mol. The van der Waals surface area contributed by atoms with Gasteiger partial charge < -0.3 is 15.5 Å². The Hall–Kier alpha value is -3.22. The zero-order valence-corrected chi connectivity index (χ0v) is 21.8. The van der Waals surface area contributed by atoms with Gasteiger partial charge in [0, 0.05) is 33.9 Å². The first-order valence-corrected chi connectivity index (χ1v) is 12.3. The lowest BCUT2D eigenvalue weighted by molar-refractivity contribution is -0.117.